The zero-order valence-corrected chi connectivity index (χ0v) is 12.5. The predicted octanol–water partition coefficient (Wildman–Crippen LogP) is 2.99. The van der Waals surface area contributed by atoms with Crippen LogP contribution in [0.4, 0.5) is 0 Å². The molecule has 2 atom stereocenters. The highest BCUT2D eigenvalue weighted by molar-refractivity contribution is 4.81. The standard InChI is InChI=1S/C15H32N2/c1-12(2)8-14(5)11-17-7-6-16-10-15(17)9-13(3)4/h12-16H,6-11H2,1-5H3. The highest BCUT2D eigenvalue weighted by Crippen LogP contribution is 2.18. The van der Waals surface area contributed by atoms with E-state index in [-0.39, 0.29) is 0 Å². The van der Waals surface area contributed by atoms with E-state index in [9.17, 15) is 0 Å². The van der Waals surface area contributed by atoms with Gasteiger partial charge in [-0.25, -0.2) is 0 Å². The monoisotopic (exact) mass is 240 g/mol. The average Bonchev–Trinajstić information content (AvgIpc) is 2.18. The molecule has 0 saturated carbocycles. The van der Waals surface area contributed by atoms with E-state index >= 15 is 0 Å². The smallest absolute Gasteiger partial charge is 0.0223 e. The van der Waals surface area contributed by atoms with Crippen LogP contribution in [0, 0.1) is 17.8 Å². The lowest BCUT2D eigenvalue weighted by Crippen LogP contribution is -2.52. The molecule has 1 aliphatic rings. The molecule has 0 amide bonds. The second-order valence-electron chi connectivity index (χ2n) is 6.72. The lowest BCUT2D eigenvalue weighted by molar-refractivity contribution is 0.118. The van der Waals surface area contributed by atoms with Crippen LogP contribution in [0.3, 0.4) is 0 Å². The van der Waals surface area contributed by atoms with Gasteiger partial charge in [0, 0.05) is 32.2 Å². The first-order valence-corrected chi connectivity index (χ1v) is 7.43. The van der Waals surface area contributed by atoms with Crippen LogP contribution in [0.5, 0.6) is 0 Å². The molecule has 2 nitrogen and oxygen atoms in total. The van der Waals surface area contributed by atoms with Gasteiger partial charge >= 0.3 is 0 Å². The lowest BCUT2D eigenvalue weighted by atomic mass is 9.95. The minimum absolute atomic E-state index is 0.762. The Balaban J connectivity index is 2.41. The largest absolute Gasteiger partial charge is 0.314 e. The summed E-state index contributed by atoms with van der Waals surface area (Å²) in [6.45, 7) is 16.6. The van der Waals surface area contributed by atoms with Crippen molar-refractivity contribution < 1.29 is 0 Å². The van der Waals surface area contributed by atoms with Crippen LogP contribution >= 0.6 is 0 Å². The van der Waals surface area contributed by atoms with Crippen molar-refractivity contribution in [1.82, 2.24) is 10.2 Å². The Morgan fingerprint density at radius 1 is 1.12 bits per heavy atom. The molecule has 1 N–H and O–H groups in total. The molecule has 0 aromatic rings. The first-order valence-electron chi connectivity index (χ1n) is 7.43. The highest BCUT2D eigenvalue weighted by Gasteiger charge is 2.24. The summed E-state index contributed by atoms with van der Waals surface area (Å²) in [7, 11) is 0. The van der Waals surface area contributed by atoms with Crippen molar-refractivity contribution in [1.29, 1.82) is 0 Å². The molecule has 17 heavy (non-hydrogen) atoms. The minimum Gasteiger partial charge on any atom is -0.314 e. The summed E-state index contributed by atoms with van der Waals surface area (Å²) in [5.41, 5.74) is 0. The molecule has 1 saturated heterocycles. The maximum atomic E-state index is 3.54. The van der Waals surface area contributed by atoms with Gasteiger partial charge in [0.05, 0.1) is 0 Å². The van der Waals surface area contributed by atoms with Gasteiger partial charge in [-0.05, 0) is 30.6 Å². The summed E-state index contributed by atoms with van der Waals surface area (Å²) in [4.78, 5) is 2.73. The molecule has 2 heteroatoms. The lowest BCUT2D eigenvalue weighted by Gasteiger charge is -2.38. The number of hydrogen-bond donors (Lipinski definition) is 1. The van der Waals surface area contributed by atoms with Gasteiger partial charge in [-0.1, -0.05) is 34.6 Å². The molecule has 1 heterocycles. The molecule has 0 bridgehead atoms. The van der Waals surface area contributed by atoms with Crippen LogP contribution in [0.25, 0.3) is 0 Å². The van der Waals surface area contributed by atoms with Crippen molar-refractivity contribution in [3.05, 3.63) is 0 Å². The zero-order valence-electron chi connectivity index (χ0n) is 12.5. The summed E-state index contributed by atoms with van der Waals surface area (Å²) in [6, 6.07) is 0.762. The fraction of sp³-hybridized carbons (Fsp3) is 1.00. The van der Waals surface area contributed by atoms with Crippen LogP contribution < -0.4 is 5.32 Å². The van der Waals surface area contributed by atoms with Crippen LogP contribution in [0.15, 0.2) is 0 Å². The average molecular weight is 240 g/mol. The normalized spacial score (nSPS) is 24.5. The summed E-state index contributed by atoms with van der Waals surface area (Å²) >= 11 is 0. The Bertz CT molecular complexity index is 201. The fourth-order valence-electron chi connectivity index (χ4n) is 3.10. The van der Waals surface area contributed by atoms with E-state index in [1.165, 1.54) is 39.0 Å². The highest BCUT2D eigenvalue weighted by atomic mass is 15.2. The van der Waals surface area contributed by atoms with E-state index in [0.29, 0.717) is 0 Å². The van der Waals surface area contributed by atoms with Crippen molar-refractivity contribution in [2.45, 2.75) is 53.5 Å². The van der Waals surface area contributed by atoms with E-state index < -0.39 is 0 Å². The quantitative estimate of drug-likeness (QED) is 0.768. The second-order valence-corrected chi connectivity index (χ2v) is 6.72. The Morgan fingerprint density at radius 2 is 1.82 bits per heavy atom. The first-order chi connectivity index (χ1) is 7.99. The molecular weight excluding hydrogens is 208 g/mol. The molecule has 1 rings (SSSR count). The zero-order chi connectivity index (χ0) is 12.8. The van der Waals surface area contributed by atoms with Gasteiger partial charge in [-0.3, -0.25) is 4.90 Å². The molecule has 0 aliphatic carbocycles. The van der Waals surface area contributed by atoms with Gasteiger partial charge in [0.1, 0.15) is 0 Å². The Morgan fingerprint density at radius 3 is 2.41 bits per heavy atom. The SMILES string of the molecule is CC(C)CC(C)CN1CCNCC1CC(C)C. The van der Waals surface area contributed by atoms with Gasteiger partial charge in [0.25, 0.3) is 0 Å². The number of hydrogen-bond acceptors (Lipinski definition) is 2. The maximum Gasteiger partial charge on any atom is 0.0223 e. The van der Waals surface area contributed by atoms with Crippen molar-refractivity contribution in [3.63, 3.8) is 0 Å². The van der Waals surface area contributed by atoms with Crippen LogP contribution in [-0.2, 0) is 0 Å². The molecule has 1 fully saturated rings. The van der Waals surface area contributed by atoms with Crippen molar-refractivity contribution in [2.75, 3.05) is 26.2 Å². The minimum atomic E-state index is 0.762. The third kappa shape index (κ3) is 5.87. The fourth-order valence-corrected chi connectivity index (χ4v) is 3.10. The van der Waals surface area contributed by atoms with E-state index in [4.69, 9.17) is 0 Å². The second kappa shape index (κ2) is 7.38. The van der Waals surface area contributed by atoms with Crippen LogP contribution in [0.2, 0.25) is 0 Å². The van der Waals surface area contributed by atoms with Crippen molar-refractivity contribution >= 4 is 0 Å². The number of nitrogens with one attached hydrogen (secondary N) is 1. The predicted molar refractivity (Wildman–Crippen MR) is 76.3 cm³/mol. The molecular formula is C15H32N2. The van der Waals surface area contributed by atoms with E-state index in [0.717, 1.165) is 23.8 Å². The summed E-state index contributed by atoms with van der Waals surface area (Å²) in [6.07, 6.45) is 2.69. The molecule has 1 aliphatic heterocycles. The molecule has 0 radical (unpaired) electrons. The van der Waals surface area contributed by atoms with Crippen molar-refractivity contribution in [3.8, 4) is 0 Å². The Kier molecular flexibility index (Phi) is 6.50. The summed E-state index contributed by atoms with van der Waals surface area (Å²) < 4.78 is 0. The van der Waals surface area contributed by atoms with Gasteiger partial charge in [-0.2, -0.15) is 0 Å². The van der Waals surface area contributed by atoms with E-state index in [1.807, 2.05) is 0 Å². The van der Waals surface area contributed by atoms with Gasteiger partial charge in [-0.15, -0.1) is 0 Å². The third-order valence-electron chi connectivity index (χ3n) is 3.64. The molecule has 0 aromatic carbocycles. The van der Waals surface area contributed by atoms with E-state index in [2.05, 4.69) is 44.8 Å². The summed E-state index contributed by atoms with van der Waals surface area (Å²) in [5, 5.41) is 3.54. The van der Waals surface area contributed by atoms with Gasteiger partial charge in [0.15, 0.2) is 0 Å². The third-order valence-corrected chi connectivity index (χ3v) is 3.64. The van der Waals surface area contributed by atoms with E-state index in [1.54, 1.807) is 0 Å². The first kappa shape index (κ1) is 15.0. The summed E-state index contributed by atoms with van der Waals surface area (Å²) in [5.74, 6) is 2.47. The Hall–Kier alpha value is -0.0800. The maximum absolute atomic E-state index is 3.54. The van der Waals surface area contributed by atoms with Crippen LogP contribution in [-0.4, -0.2) is 37.1 Å². The molecule has 2 unspecified atom stereocenters. The molecule has 102 valence electrons. The van der Waals surface area contributed by atoms with Crippen LogP contribution in [0.1, 0.15) is 47.5 Å². The molecule has 0 aromatic heterocycles. The Labute approximate surface area is 108 Å². The number of piperazine rings is 1. The van der Waals surface area contributed by atoms with Gasteiger partial charge in [0.2, 0.25) is 0 Å². The number of rotatable bonds is 6. The topological polar surface area (TPSA) is 15.3 Å². The number of nitrogens with zero attached hydrogens (tertiary/aromatic N) is 1. The van der Waals surface area contributed by atoms with Gasteiger partial charge < -0.3 is 5.32 Å². The molecule has 0 spiro atoms. The van der Waals surface area contributed by atoms with Crippen molar-refractivity contribution in [2.24, 2.45) is 17.8 Å².